The first-order chi connectivity index (χ1) is 8.93. The van der Waals surface area contributed by atoms with Gasteiger partial charge < -0.3 is 4.74 Å². The molecule has 1 saturated heterocycles. The molecule has 1 atom stereocenters. The van der Waals surface area contributed by atoms with Gasteiger partial charge in [-0.3, -0.25) is 14.5 Å². The van der Waals surface area contributed by atoms with Crippen LogP contribution in [-0.2, 0) is 4.74 Å². The molecular weight excluding hydrogens is 514 g/mol. The van der Waals surface area contributed by atoms with Gasteiger partial charge in [-0.2, -0.15) is 0 Å². The van der Waals surface area contributed by atoms with E-state index in [1.54, 1.807) is 0 Å². The van der Waals surface area contributed by atoms with E-state index in [0.29, 0.717) is 42.2 Å². The third kappa shape index (κ3) is 2.16. The zero-order valence-corrected chi connectivity index (χ0v) is 15.5. The number of rotatable bonds is 2. The number of imide groups is 1. The van der Waals surface area contributed by atoms with Crippen LogP contribution in [0.4, 0.5) is 0 Å². The lowest BCUT2D eigenvalue weighted by Crippen LogP contribution is -2.33. The second kappa shape index (κ2) is 4.91. The van der Waals surface area contributed by atoms with Crippen molar-refractivity contribution in [2.24, 2.45) is 0 Å². The zero-order valence-electron chi connectivity index (χ0n) is 9.18. The fourth-order valence-electron chi connectivity index (χ4n) is 1.94. The molecule has 1 aromatic carbocycles. The number of carbonyl (C=O) groups is 2. The Hall–Kier alpha value is 0.240. The molecule has 0 spiro atoms. The van der Waals surface area contributed by atoms with Gasteiger partial charge in [0.1, 0.15) is 0 Å². The molecule has 0 aromatic heterocycles. The van der Waals surface area contributed by atoms with Crippen LogP contribution in [0.15, 0.2) is 17.9 Å². The molecule has 19 heavy (non-hydrogen) atoms. The normalized spacial score (nSPS) is 21.1. The maximum Gasteiger partial charge on any atom is 0.262 e. The minimum atomic E-state index is -0.295. The maximum absolute atomic E-state index is 12.4. The number of amides is 2. The van der Waals surface area contributed by atoms with Gasteiger partial charge in [0.05, 0.1) is 30.4 Å². The van der Waals surface area contributed by atoms with Crippen molar-refractivity contribution in [3.63, 3.8) is 0 Å². The zero-order chi connectivity index (χ0) is 13.9. The third-order valence-corrected chi connectivity index (χ3v) is 7.74. The summed E-state index contributed by atoms with van der Waals surface area (Å²) in [7, 11) is 0. The summed E-state index contributed by atoms with van der Waals surface area (Å²) in [6, 6.07) is 0. The number of hydrogen-bond donors (Lipinski definition) is 0. The number of hydrogen-bond acceptors (Lipinski definition) is 3. The van der Waals surface area contributed by atoms with Crippen molar-refractivity contribution in [3.05, 3.63) is 29.0 Å². The van der Waals surface area contributed by atoms with Gasteiger partial charge in [0.25, 0.3) is 11.8 Å². The first kappa shape index (κ1) is 14.2. The van der Waals surface area contributed by atoms with Crippen LogP contribution in [0.3, 0.4) is 0 Å². The van der Waals surface area contributed by atoms with Gasteiger partial charge in [0.15, 0.2) is 0 Å². The topological polar surface area (TPSA) is 49.9 Å². The lowest BCUT2D eigenvalue weighted by Gasteiger charge is -2.11. The van der Waals surface area contributed by atoms with Crippen molar-refractivity contribution in [2.45, 2.75) is 6.10 Å². The molecule has 0 saturated carbocycles. The van der Waals surface area contributed by atoms with Gasteiger partial charge in [-0.25, -0.2) is 0 Å². The Balaban J connectivity index is 2.16. The van der Waals surface area contributed by atoms with Crippen molar-refractivity contribution >= 4 is 75.5 Å². The number of carbonyl (C=O) groups excluding carboxylic acids is 2. The van der Waals surface area contributed by atoms with Gasteiger partial charge in [0.2, 0.25) is 0 Å². The molecule has 2 heterocycles. The highest BCUT2D eigenvalue weighted by Gasteiger charge is 2.43. The molecule has 8 heteroatoms. The Kier molecular flexibility index (Phi) is 3.66. The van der Waals surface area contributed by atoms with E-state index in [0.717, 1.165) is 0 Å². The summed E-state index contributed by atoms with van der Waals surface area (Å²) in [6.45, 7) is 0.906. The van der Waals surface area contributed by atoms with Crippen molar-refractivity contribution in [1.82, 2.24) is 4.90 Å². The maximum atomic E-state index is 12.4. The van der Waals surface area contributed by atoms with E-state index in [1.807, 2.05) is 0 Å². The van der Waals surface area contributed by atoms with Crippen molar-refractivity contribution in [2.75, 3.05) is 13.2 Å². The van der Waals surface area contributed by atoms with E-state index < -0.39 is 0 Å². The summed E-state index contributed by atoms with van der Waals surface area (Å²) >= 11 is 13.5. The molecule has 1 aromatic rings. The number of epoxide rings is 1. The third-order valence-electron chi connectivity index (χ3n) is 2.97. The van der Waals surface area contributed by atoms with Crippen LogP contribution in [-0.4, -0.2) is 36.0 Å². The van der Waals surface area contributed by atoms with E-state index in [4.69, 9.17) is 4.74 Å². The van der Waals surface area contributed by atoms with Crippen molar-refractivity contribution in [1.29, 1.82) is 0 Å². The number of nitrogens with zero attached hydrogens (tertiary/aromatic N) is 1. The summed E-state index contributed by atoms with van der Waals surface area (Å²) in [6.07, 6.45) is -0.0216. The average Bonchev–Trinajstić information content (AvgIpc) is 3.16. The van der Waals surface area contributed by atoms with Crippen molar-refractivity contribution < 1.29 is 14.3 Å². The first-order valence-corrected chi connectivity index (χ1v) is 8.44. The lowest BCUT2D eigenvalue weighted by atomic mass is 10.1. The predicted octanol–water partition coefficient (Wildman–Crippen LogP) is 3.73. The second-order valence-corrected chi connectivity index (χ2v) is 7.35. The van der Waals surface area contributed by atoms with Gasteiger partial charge in [-0.15, -0.1) is 0 Å². The summed E-state index contributed by atoms with van der Waals surface area (Å²) in [5.74, 6) is -0.590. The van der Waals surface area contributed by atoms with Crippen LogP contribution in [0.2, 0.25) is 0 Å². The molecule has 1 fully saturated rings. The standard InChI is InChI=1S/C11H5Br4NO3/c12-6-4-5(7(13)9(15)8(6)14)11(18)16(10(4)17)1-3-2-19-3/h3H,1-2H2/t3-/m1/s1. The molecule has 2 amide bonds. The van der Waals surface area contributed by atoms with Crippen molar-refractivity contribution in [3.8, 4) is 0 Å². The Morgan fingerprint density at radius 1 is 0.947 bits per heavy atom. The highest BCUT2D eigenvalue weighted by atomic mass is 79.9. The van der Waals surface area contributed by atoms with Crippen LogP contribution >= 0.6 is 63.7 Å². The van der Waals surface area contributed by atoms with E-state index in [-0.39, 0.29) is 17.9 Å². The molecule has 0 N–H and O–H groups in total. The molecule has 100 valence electrons. The fraction of sp³-hybridized carbons (Fsp3) is 0.273. The Morgan fingerprint density at radius 2 is 1.37 bits per heavy atom. The Bertz CT molecular complexity index is 580. The second-order valence-electron chi connectivity index (χ2n) is 4.18. The summed E-state index contributed by atoms with van der Waals surface area (Å²) in [5, 5.41) is 0. The molecular formula is C11H5Br4NO3. The van der Waals surface area contributed by atoms with Crippen LogP contribution in [0, 0.1) is 0 Å². The molecule has 0 unspecified atom stereocenters. The largest absolute Gasteiger partial charge is 0.371 e. The lowest BCUT2D eigenvalue weighted by molar-refractivity contribution is 0.0642. The minimum Gasteiger partial charge on any atom is -0.371 e. The molecule has 3 rings (SSSR count). The number of ether oxygens (including phenoxy) is 1. The number of benzene rings is 1. The fourth-order valence-corrected chi connectivity index (χ4v) is 4.40. The predicted molar refractivity (Wildman–Crippen MR) is 82.3 cm³/mol. The molecule has 0 radical (unpaired) electrons. The molecule has 2 aliphatic heterocycles. The minimum absolute atomic E-state index is 0.0216. The highest BCUT2D eigenvalue weighted by molar-refractivity contribution is 9.15. The molecule has 0 bridgehead atoms. The number of fused-ring (bicyclic) bond motifs is 1. The summed E-state index contributed by atoms with van der Waals surface area (Å²) in [4.78, 5) is 26.0. The van der Waals surface area contributed by atoms with E-state index in [9.17, 15) is 9.59 Å². The Morgan fingerprint density at radius 3 is 1.74 bits per heavy atom. The smallest absolute Gasteiger partial charge is 0.262 e. The molecule has 4 nitrogen and oxygen atoms in total. The van der Waals surface area contributed by atoms with E-state index >= 15 is 0 Å². The van der Waals surface area contributed by atoms with Crippen LogP contribution in [0.5, 0.6) is 0 Å². The number of halogens is 4. The average molecular weight is 519 g/mol. The van der Waals surface area contributed by atoms with Gasteiger partial charge in [-0.05, 0) is 63.7 Å². The van der Waals surface area contributed by atoms with Gasteiger partial charge in [0, 0.05) is 17.9 Å². The van der Waals surface area contributed by atoms with Gasteiger partial charge in [-0.1, -0.05) is 0 Å². The SMILES string of the molecule is O=C1c2c(Br)c(Br)c(Br)c(Br)c2C(=O)N1C[C@@H]1CO1. The van der Waals surface area contributed by atoms with Crippen LogP contribution in [0.1, 0.15) is 20.7 Å². The monoisotopic (exact) mass is 515 g/mol. The van der Waals surface area contributed by atoms with E-state index in [2.05, 4.69) is 63.7 Å². The summed E-state index contributed by atoms with van der Waals surface area (Å²) in [5.41, 5.74) is 0.764. The first-order valence-electron chi connectivity index (χ1n) is 5.27. The molecule has 2 aliphatic rings. The van der Waals surface area contributed by atoms with E-state index in [1.165, 1.54) is 4.90 Å². The van der Waals surface area contributed by atoms with Crippen LogP contribution in [0.25, 0.3) is 0 Å². The quantitative estimate of drug-likeness (QED) is 0.259. The Labute approximate surface area is 142 Å². The van der Waals surface area contributed by atoms with Gasteiger partial charge >= 0.3 is 0 Å². The van der Waals surface area contributed by atoms with Crippen LogP contribution < -0.4 is 0 Å². The highest BCUT2D eigenvalue weighted by Crippen LogP contribution is 2.45. The molecule has 0 aliphatic carbocycles. The summed E-state index contributed by atoms with van der Waals surface area (Å²) < 4.78 is 7.64.